The maximum Gasteiger partial charge on any atom is 0.142 e. The van der Waals surface area contributed by atoms with Crippen LogP contribution in [-0.4, -0.2) is 31.1 Å². The number of likely N-dealkylation sites (tertiary alicyclic amines) is 1. The molecule has 0 amide bonds. The molecule has 1 atom stereocenters. The van der Waals surface area contributed by atoms with E-state index >= 15 is 0 Å². The maximum absolute atomic E-state index is 13.2. The quantitative estimate of drug-likeness (QED) is 0.895. The van der Waals surface area contributed by atoms with Gasteiger partial charge in [0.05, 0.1) is 5.02 Å². The fourth-order valence-electron chi connectivity index (χ4n) is 2.24. The summed E-state index contributed by atoms with van der Waals surface area (Å²) in [4.78, 5) is 2.32. The van der Waals surface area contributed by atoms with Crippen molar-refractivity contribution in [2.75, 3.05) is 20.1 Å². The third-order valence-corrected chi connectivity index (χ3v) is 3.51. The summed E-state index contributed by atoms with van der Waals surface area (Å²) < 4.78 is 13.2. The Hall–Kier alpha value is -0.640. The first-order valence-electron chi connectivity index (χ1n) is 6.01. The topological polar surface area (TPSA) is 15.3 Å². The highest BCUT2D eigenvalue weighted by molar-refractivity contribution is 6.30. The minimum atomic E-state index is -0.341. The molecule has 1 aromatic carbocycles. The maximum atomic E-state index is 13.2. The number of nitrogens with one attached hydrogen (secondary N) is 1. The van der Waals surface area contributed by atoms with Crippen molar-refractivity contribution in [1.82, 2.24) is 10.2 Å². The predicted octanol–water partition coefficient (Wildman–Crippen LogP) is 2.66. The van der Waals surface area contributed by atoms with E-state index in [0.29, 0.717) is 12.6 Å². The number of halogens is 2. The fraction of sp³-hybridized carbons (Fsp3) is 0.538. The van der Waals surface area contributed by atoms with E-state index in [1.54, 1.807) is 6.07 Å². The van der Waals surface area contributed by atoms with E-state index in [4.69, 9.17) is 11.6 Å². The number of piperidine rings is 1. The third kappa shape index (κ3) is 3.66. The molecule has 0 aromatic heterocycles. The van der Waals surface area contributed by atoms with Gasteiger partial charge in [0.25, 0.3) is 0 Å². The molecule has 94 valence electrons. The van der Waals surface area contributed by atoms with Crippen molar-refractivity contribution < 1.29 is 4.39 Å². The third-order valence-electron chi connectivity index (χ3n) is 3.20. The predicted molar refractivity (Wildman–Crippen MR) is 68.8 cm³/mol. The van der Waals surface area contributed by atoms with Crippen LogP contribution >= 0.6 is 11.6 Å². The summed E-state index contributed by atoms with van der Waals surface area (Å²) in [7, 11) is 2.13. The summed E-state index contributed by atoms with van der Waals surface area (Å²) in [6.07, 6.45) is 2.42. The molecule has 2 rings (SSSR count). The van der Waals surface area contributed by atoms with Gasteiger partial charge >= 0.3 is 0 Å². The van der Waals surface area contributed by atoms with Crippen molar-refractivity contribution in [2.24, 2.45) is 0 Å². The average Bonchev–Trinajstić information content (AvgIpc) is 2.31. The van der Waals surface area contributed by atoms with Gasteiger partial charge in [0.15, 0.2) is 0 Å². The Bertz CT molecular complexity index is 384. The van der Waals surface area contributed by atoms with Crippen LogP contribution in [0.1, 0.15) is 18.4 Å². The van der Waals surface area contributed by atoms with E-state index in [2.05, 4.69) is 17.3 Å². The Morgan fingerprint density at radius 3 is 3.06 bits per heavy atom. The number of likely N-dealkylation sites (N-methyl/N-ethyl adjacent to an activating group) is 1. The van der Waals surface area contributed by atoms with Crippen molar-refractivity contribution >= 4 is 11.6 Å². The SMILES string of the molecule is CN1CCCC(NCc2ccc(Cl)c(F)c2)C1. The van der Waals surface area contributed by atoms with Gasteiger partial charge in [-0.3, -0.25) is 0 Å². The molecule has 0 saturated carbocycles. The standard InChI is InChI=1S/C13H18ClFN2/c1-17-6-2-3-11(9-17)16-8-10-4-5-12(14)13(15)7-10/h4-5,7,11,16H,2-3,6,8-9H2,1H3. The number of rotatable bonds is 3. The zero-order valence-electron chi connectivity index (χ0n) is 10.0. The largest absolute Gasteiger partial charge is 0.309 e. The molecule has 0 bridgehead atoms. The van der Waals surface area contributed by atoms with Gasteiger partial charge < -0.3 is 10.2 Å². The summed E-state index contributed by atoms with van der Waals surface area (Å²) in [5.41, 5.74) is 0.945. The lowest BCUT2D eigenvalue weighted by atomic mass is 10.1. The minimum absolute atomic E-state index is 0.186. The molecular formula is C13H18ClFN2. The van der Waals surface area contributed by atoms with Crippen LogP contribution in [0.2, 0.25) is 5.02 Å². The van der Waals surface area contributed by atoms with Crippen LogP contribution in [0.25, 0.3) is 0 Å². The monoisotopic (exact) mass is 256 g/mol. The van der Waals surface area contributed by atoms with Gasteiger partial charge in [0.1, 0.15) is 5.82 Å². The molecule has 2 nitrogen and oxygen atoms in total. The van der Waals surface area contributed by atoms with E-state index in [0.717, 1.165) is 12.1 Å². The van der Waals surface area contributed by atoms with Gasteiger partial charge in [-0.15, -0.1) is 0 Å². The first-order chi connectivity index (χ1) is 8.15. The lowest BCUT2D eigenvalue weighted by Crippen LogP contribution is -2.43. The van der Waals surface area contributed by atoms with Gasteiger partial charge in [-0.1, -0.05) is 17.7 Å². The highest BCUT2D eigenvalue weighted by Gasteiger charge is 2.16. The second-order valence-corrected chi connectivity index (χ2v) is 5.14. The molecule has 1 saturated heterocycles. The van der Waals surface area contributed by atoms with Crippen molar-refractivity contribution in [1.29, 1.82) is 0 Å². The highest BCUT2D eigenvalue weighted by atomic mass is 35.5. The molecule has 1 aromatic rings. The lowest BCUT2D eigenvalue weighted by molar-refractivity contribution is 0.226. The normalized spacial score (nSPS) is 21.7. The molecular weight excluding hydrogens is 239 g/mol. The number of hydrogen-bond donors (Lipinski definition) is 1. The summed E-state index contributed by atoms with van der Waals surface area (Å²) in [5, 5.41) is 3.65. The summed E-state index contributed by atoms with van der Waals surface area (Å²) >= 11 is 5.65. The second-order valence-electron chi connectivity index (χ2n) is 4.73. The molecule has 1 N–H and O–H groups in total. The van der Waals surface area contributed by atoms with Crippen molar-refractivity contribution in [3.63, 3.8) is 0 Å². The van der Waals surface area contributed by atoms with Crippen LogP contribution < -0.4 is 5.32 Å². The Morgan fingerprint density at radius 1 is 1.53 bits per heavy atom. The molecule has 0 radical (unpaired) electrons. The number of nitrogens with zero attached hydrogens (tertiary/aromatic N) is 1. The molecule has 0 spiro atoms. The molecule has 1 aliphatic heterocycles. The van der Waals surface area contributed by atoms with Crippen molar-refractivity contribution in [3.8, 4) is 0 Å². The van der Waals surface area contributed by atoms with Gasteiger partial charge in [-0.25, -0.2) is 4.39 Å². The molecule has 1 unspecified atom stereocenters. The fourth-order valence-corrected chi connectivity index (χ4v) is 2.36. The van der Waals surface area contributed by atoms with E-state index in [9.17, 15) is 4.39 Å². The smallest absolute Gasteiger partial charge is 0.142 e. The van der Waals surface area contributed by atoms with Crippen molar-refractivity contribution in [3.05, 3.63) is 34.6 Å². The Kier molecular flexibility index (Phi) is 4.37. The number of hydrogen-bond acceptors (Lipinski definition) is 2. The van der Waals surface area contributed by atoms with Gasteiger partial charge in [-0.2, -0.15) is 0 Å². The number of benzene rings is 1. The van der Waals surface area contributed by atoms with E-state index in [1.807, 2.05) is 6.07 Å². The molecule has 1 heterocycles. The van der Waals surface area contributed by atoms with Crippen LogP contribution in [0.3, 0.4) is 0 Å². The lowest BCUT2D eigenvalue weighted by Gasteiger charge is -2.30. The second kappa shape index (κ2) is 5.80. The van der Waals surface area contributed by atoms with Crippen LogP contribution in [0, 0.1) is 5.82 Å². The Morgan fingerprint density at radius 2 is 2.35 bits per heavy atom. The highest BCUT2D eigenvalue weighted by Crippen LogP contribution is 2.16. The van der Waals surface area contributed by atoms with Gasteiger partial charge in [-0.05, 0) is 44.1 Å². The molecule has 4 heteroatoms. The molecule has 1 aliphatic rings. The molecule has 0 aliphatic carbocycles. The zero-order valence-corrected chi connectivity index (χ0v) is 10.8. The van der Waals surface area contributed by atoms with Crippen LogP contribution in [0.5, 0.6) is 0 Å². The van der Waals surface area contributed by atoms with Crippen LogP contribution in [0.15, 0.2) is 18.2 Å². The molecule has 1 fully saturated rings. The average molecular weight is 257 g/mol. The van der Waals surface area contributed by atoms with Gasteiger partial charge in [0, 0.05) is 19.1 Å². The minimum Gasteiger partial charge on any atom is -0.309 e. The van der Waals surface area contributed by atoms with Gasteiger partial charge in [0.2, 0.25) is 0 Å². The Labute approximate surface area is 107 Å². The first kappa shape index (κ1) is 12.8. The first-order valence-corrected chi connectivity index (χ1v) is 6.39. The van der Waals surface area contributed by atoms with Crippen LogP contribution in [-0.2, 0) is 6.54 Å². The van der Waals surface area contributed by atoms with E-state index in [1.165, 1.54) is 25.5 Å². The summed E-state index contributed by atoms with van der Waals surface area (Å²) in [6, 6.07) is 5.49. The summed E-state index contributed by atoms with van der Waals surface area (Å²) in [5.74, 6) is -0.341. The Balaban J connectivity index is 1.86. The van der Waals surface area contributed by atoms with Crippen molar-refractivity contribution in [2.45, 2.75) is 25.4 Å². The van der Waals surface area contributed by atoms with Crippen LogP contribution in [0.4, 0.5) is 4.39 Å². The molecule has 17 heavy (non-hydrogen) atoms. The van der Waals surface area contributed by atoms with E-state index < -0.39 is 0 Å². The summed E-state index contributed by atoms with van der Waals surface area (Å²) in [6.45, 7) is 2.94. The van der Waals surface area contributed by atoms with E-state index in [-0.39, 0.29) is 10.8 Å². The zero-order chi connectivity index (χ0) is 12.3.